The zero-order valence-corrected chi connectivity index (χ0v) is 19.3. The van der Waals surface area contributed by atoms with Crippen LogP contribution in [-0.2, 0) is 6.54 Å². The normalized spacial score (nSPS) is 10.7. The third-order valence-electron chi connectivity index (χ3n) is 5.42. The third-order valence-corrected chi connectivity index (χ3v) is 5.42. The van der Waals surface area contributed by atoms with Crippen molar-refractivity contribution in [1.82, 2.24) is 19.7 Å². The van der Waals surface area contributed by atoms with E-state index in [1.165, 1.54) is 12.7 Å². The van der Waals surface area contributed by atoms with Crippen LogP contribution in [-0.4, -0.2) is 48.1 Å². The van der Waals surface area contributed by atoms with E-state index >= 15 is 0 Å². The van der Waals surface area contributed by atoms with E-state index in [2.05, 4.69) is 50.8 Å². The molecule has 2 aromatic carbocycles. The van der Waals surface area contributed by atoms with Gasteiger partial charge < -0.3 is 14.4 Å². The maximum atomic E-state index is 5.50. The van der Waals surface area contributed by atoms with Crippen LogP contribution in [0.1, 0.15) is 16.8 Å². The highest BCUT2D eigenvalue weighted by Gasteiger charge is 2.17. The summed E-state index contributed by atoms with van der Waals surface area (Å²) in [6.07, 6.45) is 3.52. The van der Waals surface area contributed by atoms with E-state index < -0.39 is 0 Å². The molecule has 33 heavy (non-hydrogen) atoms. The van der Waals surface area contributed by atoms with Crippen LogP contribution in [0.15, 0.2) is 73.6 Å². The summed E-state index contributed by atoms with van der Waals surface area (Å²) in [5, 5.41) is 4.55. The minimum atomic E-state index is 0.259. The molecule has 0 aliphatic carbocycles. The van der Waals surface area contributed by atoms with Crippen LogP contribution in [0.3, 0.4) is 0 Å². The lowest BCUT2D eigenvalue weighted by molar-refractivity contribution is 0.353. The van der Waals surface area contributed by atoms with Crippen LogP contribution in [0.25, 0.3) is 16.7 Å². The molecule has 0 radical (unpaired) electrons. The maximum absolute atomic E-state index is 5.50. The van der Waals surface area contributed by atoms with E-state index in [9.17, 15) is 0 Å². The van der Waals surface area contributed by atoms with Crippen LogP contribution in [0.2, 0.25) is 0 Å². The Labute approximate surface area is 194 Å². The van der Waals surface area contributed by atoms with Crippen molar-refractivity contribution in [1.29, 1.82) is 0 Å². The fourth-order valence-electron chi connectivity index (χ4n) is 3.75. The number of nitrogens with zero attached hydrogens (tertiary/aromatic N) is 5. The van der Waals surface area contributed by atoms with Crippen LogP contribution in [0.5, 0.6) is 11.9 Å². The Kier molecular flexibility index (Phi) is 6.40. The van der Waals surface area contributed by atoms with Crippen molar-refractivity contribution >= 4 is 11.3 Å². The molecule has 0 aliphatic heterocycles. The molecule has 4 rings (SSSR count). The van der Waals surface area contributed by atoms with Gasteiger partial charge in [-0.1, -0.05) is 43.0 Å². The number of benzene rings is 2. The van der Waals surface area contributed by atoms with Crippen LogP contribution < -0.4 is 14.4 Å². The molecule has 0 saturated carbocycles. The Hall–Kier alpha value is -4.13. The summed E-state index contributed by atoms with van der Waals surface area (Å²) in [5.41, 5.74) is 6.74. The average molecular weight is 442 g/mol. The fourth-order valence-corrected chi connectivity index (χ4v) is 3.75. The first kappa shape index (κ1) is 22.1. The first-order valence-electron chi connectivity index (χ1n) is 10.5. The lowest BCUT2D eigenvalue weighted by Gasteiger charge is -2.21. The molecule has 0 N–H and O–H groups in total. The first-order chi connectivity index (χ1) is 16.0. The minimum absolute atomic E-state index is 0.259. The number of anilines is 1. The maximum Gasteiger partial charge on any atom is 0.319 e. The zero-order chi connectivity index (χ0) is 23.4. The van der Waals surface area contributed by atoms with E-state index in [0.29, 0.717) is 12.4 Å². The summed E-state index contributed by atoms with van der Waals surface area (Å²) >= 11 is 0. The number of hydrogen-bond donors (Lipinski definition) is 0. The highest BCUT2D eigenvalue weighted by Crippen LogP contribution is 2.36. The molecule has 0 atom stereocenters. The van der Waals surface area contributed by atoms with Crippen LogP contribution >= 0.6 is 0 Å². The Morgan fingerprint density at radius 2 is 1.82 bits per heavy atom. The summed E-state index contributed by atoms with van der Waals surface area (Å²) in [4.78, 5) is 10.7. The summed E-state index contributed by atoms with van der Waals surface area (Å²) in [6.45, 7) is 5.11. The van der Waals surface area contributed by atoms with Gasteiger partial charge >= 0.3 is 6.01 Å². The second-order valence-electron chi connectivity index (χ2n) is 7.74. The first-order valence-corrected chi connectivity index (χ1v) is 10.5. The molecule has 4 aromatic rings. The molecule has 0 aliphatic rings. The van der Waals surface area contributed by atoms with E-state index in [1.807, 2.05) is 55.3 Å². The van der Waals surface area contributed by atoms with Crippen LogP contribution in [0.4, 0.5) is 5.69 Å². The Bertz CT molecular complexity index is 1260. The summed E-state index contributed by atoms with van der Waals surface area (Å²) in [5.74, 6) is 0.449. The van der Waals surface area contributed by atoms with Gasteiger partial charge in [0.1, 0.15) is 0 Å². The number of methoxy groups -OCH3 is 2. The molecule has 0 spiro atoms. The van der Waals surface area contributed by atoms with Gasteiger partial charge in [0.2, 0.25) is 5.88 Å². The molecule has 0 saturated heterocycles. The number of ether oxygens (including phenoxy) is 2. The van der Waals surface area contributed by atoms with E-state index in [1.54, 1.807) is 13.3 Å². The predicted molar refractivity (Wildman–Crippen MR) is 131 cm³/mol. The van der Waals surface area contributed by atoms with Gasteiger partial charge in [-0.2, -0.15) is 10.1 Å². The average Bonchev–Trinajstić information content (AvgIpc) is 3.31. The summed E-state index contributed by atoms with van der Waals surface area (Å²) in [6, 6.07) is 18.7. The van der Waals surface area contributed by atoms with E-state index in [-0.39, 0.29) is 6.01 Å². The molecule has 2 aromatic heterocycles. The highest BCUT2D eigenvalue weighted by atomic mass is 16.5. The van der Waals surface area contributed by atoms with Gasteiger partial charge in [-0.15, -0.1) is 0 Å². The zero-order valence-electron chi connectivity index (χ0n) is 19.3. The third kappa shape index (κ3) is 4.57. The molecular formula is C26H27N5O2. The van der Waals surface area contributed by atoms with Gasteiger partial charge in [-0.25, -0.2) is 4.98 Å². The van der Waals surface area contributed by atoms with Crippen molar-refractivity contribution in [2.45, 2.75) is 6.54 Å². The SMILES string of the molecule is C=C(c1cc(-c2cnc(OC)nc2OC)ccc1N(C)C)c1ccnn1Cc1ccccc1. The second kappa shape index (κ2) is 9.56. The summed E-state index contributed by atoms with van der Waals surface area (Å²) < 4.78 is 12.6. The lowest BCUT2D eigenvalue weighted by Crippen LogP contribution is -2.12. The van der Waals surface area contributed by atoms with Crippen molar-refractivity contribution < 1.29 is 9.47 Å². The highest BCUT2D eigenvalue weighted by molar-refractivity contribution is 5.87. The van der Waals surface area contributed by atoms with Crippen molar-refractivity contribution in [3.63, 3.8) is 0 Å². The second-order valence-corrected chi connectivity index (χ2v) is 7.74. The van der Waals surface area contributed by atoms with Crippen molar-refractivity contribution in [2.24, 2.45) is 0 Å². The van der Waals surface area contributed by atoms with E-state index in [4.69, 9.17) is 9.47 Å². The van der Waals surface area contributed by atoms with Gasteiger partial charge in [0.15, 0.2) is 0 Å². The van der Waals surface area contributed by atoms with Crippen molar-refractivity contribution in [2.75, 3.05) is 33.2 Å². The van der Waals surface area contributed by atoms with Gasteiger partial charge in [0.05, 0.1) is 32.0 Å². The van der Waals surface area contributed by atoms with Gasteiger partial charge in [-0.3, -0.25) is 4.68 Å². The number of rotatable bonds is 8. The van der Waals surface area contributed by atoms with E-state index in [0.717, 1.165) is 33.6 Å². The fraction of sp³-hybridized carbons (Fsp3) is 0.192. The minimum Gasteiger partial charge on any atom is -0.480 e. The molecule has 7 heteroatoms. The lowest BCUT2D eigenvalue weighted by atomic mass is 9.96. The molecule has 7 nitrogen and oxygen atoms in total. The Morgan fingerprint density at radius 3 is 2.52 bits per heavy atom. The molecule has 2 heterocycles. The molecule has 0 amide bonds. The van der Waals surface area contributed by atoms with Crippen molar-refractivity contribution in [3.8, 4) is 23.0 Å². The largest absolute Gasteiger partial charge is 0.480 e. The monoisotopic (exact) mass is 441 g/mol. The number of aromatic nitrogens is 4. The Balaban J connectivity index is 1.77. The van der Waals surface area contributed by atoms with Crippen molar-refractivity contribution in [3.05, 3.63) is 90.4 Å². The quantitative estimate of drug-likeness (QED) is 0.400. The Morgan fingerprint density at radius 1 is 1.03 bits per heavy atom. The van der Waals surface area contributed by atoms with Crippen LogP contribution in [0, 0.1) is 0 Å². The smallest absolute Gasteiger partial charge is 0.319 e. The number of hydrogen-bond acceptors (Lipinski definition) is 6. The standard InChI is InChI=1S/C26H27N5O2/c1-18(23-13-14-28-31(23)17-19-9-7-6-8-10-19)21-15-20(11-12-24(21)30(2)3)22-16-27-26(33-5)29-25(22)32-4/h6-16H,1,17H2,2-5H3. The predicted octanol–water partition coefficient (Wildman–Crippen LogP) is 4.53. The molecular weight excluding hydrogens is 414 g/mol. The topological polar surface area (TPSA) is 65.3 Å². The van der Waals surface area contributed by atoms with Gasteiger partial charge in [0.25, 0.3) is 0 Å². The molecule has 0 bridgehead atoms. The van der Waals surface area contributed by atoms with Gasteiger partial charge in [0, 0.05) is 43.3 Å². The molecule has 168 valence electrons. The van der Waals surface area contributed by atoms with Gasteiger partial charge in [-0.05, 0) is 29.3 Å². The molecule has 0 fully saturated rings. The summed E-state index contributed by atoms with van der Waals surface area (Å²) in [7, 11) is 7.15. The molecule has 0 unspecified atom stereocenters.